The molecule has 6 heteroatoms. The van der Waals surface area contributed by atoms with Gasteiger partial charge in [-0.1, -0.05) is 0 Å². The average Bonchev–Trinajstić information content (AvgIpc) is 1.88. The van der Waals surface area contributed by atoms with Crippen LogP contribution in [0.3, 0.4) is 0 Å². The highest BCUT2D eigenvalue weighted by Gasteiger charge is 1.79. The fourth-order valence-electron chi connectivity index (χ4n) is 0.0248. The van der Waals surface area contributed by atoms with Gasteiger partial charge in [0.05, 0.1) is 0 Å². The van der Waals surface area contributed by atoms with E-state index in [0.29, 0.717) is 5.01 Å². The van der Waals surface area contributed by atoms with Crippen LogP contribution in [0.15, 0.2) is 0 Å². The molecule has 0 fully saturated rings. The van der Waals surface area contributed by atoms with Crippen molar-refractivity contribution in [2.75, 3.05) is 0 Å². The third-order valence-electron chi connectivity index (χ3n) is 0.243. The molecule has 0 bridgehead atoms. The van der Waals surface area contributed by atoms with E-state index < -0.39 is 0 Å². The van der Waals surface area contributed by atoms with E-state index in [1.54, 1.807) is 0 Å². The van der Waals surface area contributed by atoms with Crippen molar-refractivity contribution < 1.29 is 14.4 Å². The van der Waals surface area contributed by atoms with Gasteiger partial charge in [0, 0.05) is 0 Å². The molecule has 0 aliphatic rings. The van der Waals surface area contributed by atoms with Gasteiger partial charge in [-0.05, 0) is 0 Å². The van der Waals surface area contributed by atoms with E-state index in [-0.39, 0.29) is 19.2 Å². The molecule has 0 unspecified atom stereocenters. The molecule has 0 saturated carbocycles. The van der Waals surface area contributed by atoms with E-state index in [2.05, 4.69) is 11.6 Å². The Hall–Kier alpha value is -1.43. The summed E-state index contributed by atoms with van der Waals surface area (Å²) in [5.41, 5.74) is 4.17. The number of rotatable bonds is 2. The summed E-state index contributed by atoms with van der Waals surface area (Å²) < 4.78 is 0. The van der Waals surface area contributed by atoms with Crippen LogP contribution in [0, 0.1) is 0 Å². The standard InChI is InChI=1S/C2H4N2O2.CH3NO/c3-4(1-5)2-6;2-1-3/h1-2H,3H2;1H,(H2,2,3). The van der Waals surface area contributed by atoms with Crippen LogP contribution in [0.4, 0.5) is 0 Å². The lowest BCUT2D eigenvalue weighted by Crippen LogP contribution is -2.26. The Balaban J connectivity index is 0. The molecule has 3 amide bonds. The molecule has 0 aliphatic carbocycles. The predicted octanol–water partition coefficient (Wildman–Crippen LogP) is -2.42. The smallest absolute Gasteiger partial charge is 0.230 e. The molecule has 0 rings (SSSR count). The molecule has 9 heavy (non-hydrogen) atoms. The second kappa shape index (κ2) is 9.76. The number of carbonyl (C=O) groups excluding carboxylic acids is 3. The number of carbonyl (C=O) groups is 3. The van der Waals surface area contributed by atoms with Crippen LogP contribution in [0.1, 0.15) is 0 Å². The molecule has 0 spiro atoms. The SMILES string of the molecule is NC=O.NN(C=O)C=O. The van der Waals surface area contributed by atoms with Gasteiger partial charge in [-0.15, -0.1) is 0 Å². The summed E-state index contributed by atoms with van der Waals surface area (Å²) in [6.45, 7) is 0. The Labute approximate surface area is 51.4 Å². The second-order valence-corrected chi connectivity index (χ2v) is 0.794. The Morgan fingerprint density at radius 2 is 1.33 bits per heavy atom. The molecule has 0 saturated heterocycles. The van der Waals surface area contributed by atoms with Gasteiger partial charge in [-0.2, -0.15) is 0 Å². The van der Waals surface area contributed by atoms with Crippen molar-refractivity contribution in [1.82, 2.24) is 5.01 Å². The number of nitrogens with zero attached hydrogens (tertiary/aromatic N) is 1. The van der Waals surface area contributed by atoms with Crippen molar-refractivity contribution in [3.05, 3.63) is 0 Å². The van der Waals surface area contributed by atoms with Crippen molar-refractivity contribution in [2.45, 2.75) is 0 Å². The molecule has 0 aromatic carbocycles. The van der Waals surface area contributed by atoms with Crippen molar-refractivity contribution >= 4 is 19.2 Å². The van der Waals surface area contributed by atoms with Gasteiger partial charge in [-0.3, -0.25) is 14.4 Å². The first-order chi connectivity index (χ1) is 4.22. The molecule has 52 valence electrons. The molecule has 4 N–H and O–H groups in total. The molecule has 6 nitrogen and oxygen atoms in total. The van der Waals surface area contributed by atoms with Gasteiger partial charge in [0.2, 0.25) is 19.2 Å². The topological polar surface area (TPSA) is 106 Å². The number of hydrazine groups is 1. The van der Waals surface area contributed by atoms with Crippen LogP contribution in [0.5, 0.6) is 0 Å². The normalized spacial score (nSPS) is 5.89. The van der Waals surface area contributed by atoms with Crippen LogP contribution in [0.2, 0.25) is 0 Å². The predicted molar refractivity (Wildman–Crippen MR) is 28.4 cm³/mol. The number of hydrogen-bond donors (Lipinski definition) is 2. The van der Waals surface area contributed by atoms with Gasteiger partial charge in [0.1, 0.15) is 0 Å². The average molecular weight is 133 g/mol. The lowest BCUT2D eigenvalue weighted by atomic mass is 11.1. The summed E-state index contributed by atoms with van der Waals surface area (Å²) in [4.78, 5) is 27.2. The van der Waals surface area contributed by atoms with Crippen LogP contribution in [0.25, 0.3) is 0 Å². The molecule has 0 aromatic rings. The maximum atomic E-state index is 9.31. The summed E-state index contributed by atoms with van der Waals surface area (Å²) >= 11 is 0. The van der Waals surface area contributed by atoms with Crippen molar-refractivity contribution in [2.24, 2.45) is 11.6 Å². The highest BCUT2D eigenvalue weighted by Crippen LogP contribution is 1.47. The van der Waals surface area contributed by atoms with Crippen molar-refractivity contribution in [1.29, 1.82) is 0 Å². The molecular formula is C3H7N3O3. The molecule has 0 aromatic heterocycles. The van der Waals surface area contributed by atoms with E-state index >= 15 is 0 Å². The fraction of sp³-hybridized carbons (Fsp3) is 0. The highest BCUT2D eigenvalue weighted by atomic mass is 16.2. The van der Waals surface area contributed by atoms with Gasteiger partial charge in [-0.25, -0.2) is 10.9 Å². The zero-order valence-electron chi connectivity index (χ0n) is 4.56. The van der Waals surface area contributed by atoms with E-state index in [1.807, 2.05) is 0 Å². The lowest BCUT2D eigenvalue weighted by molar-refractivity contribution is -0.129. The highest BCUT2D eigenvalue weighted by molar-refractivity contribution is 5.66. The van der Waals surface area contributed by atoms with E-state index in [9.17, 15) is 9.59 Å². The Morgan fingerprint density at radius 3 is 1.33 bits per heavy atom. The summed E-state index contributed by atoms with van der Waals surface area (Å²) in [5.74, 6) is 4.57. The maximum Gasteiger partial charge on any atom is 0.230 e. The minimum absolute atomic E-state index is 0.215. The number of amides is 3. The zero-order chi connectivity index (χ0) is 7.70. The lowest BCUT2D eigenvalue weighted by Gasteiger charge is -1.91. The molecule has 0 radical (unpaired) electrons. The largest absolute Gasteiger partial charge is 0.372 e. The molecule has 0 aliphatic heterocycles. The van der Waals surface area contributed by atoms with Gasteiger partial charge in [0.25, 0.3) is 0 Å². The van der Waals surface area contributed by atoms with Crippen LogP contribution in [-0.2, 0) is 14.4 Å². The molecule has 0 heterocycles. The van der Waals surface area contributed by atoms with Crippen molar-refractivity contribution in [3.63, 3.8) is 0 Å². The summed E-state index contributed by atoms with van der Waals surface area (Å²) in [6, 6.07) is 0. The maximum absolute atomic E-state index is 9.31. The minimum Gasteiger partial charge on any atom is -0.372 e. The number of imide groups is 1. The Bertz CT molecular complexity index is 86.3. The van der Waals surface area contributed by atoms with Gasteiger partial charge < -0.3 is 5.73 Å². The van der Waals surface area contributed by atoms with Gasteiger partial charge in [0.15, 0.2) is 0 Å². The molecule has 0 atom stereocenters. The number of hydrogen-bond acceptors (Lipinski definition) is 4. The first-order valence-electron chi connectivity index (χ1n) is 1.82. The monoisotopic (exact) mass is 133 g/mol. The first-order valence-corrected chi connectivity index (χ1v) is 1.82. The van der Waals surface area contributed by atoms with Crippen LogP contribution < -0.4 is 11.6 Å². The summed E-state index contributed by atoms with van der Waals surface area (Å²) in [6.07, 6.45) is 0.681. The fourth-order valence-corrected chi connectivity index (χ4v) is 0.0248. The summed E-state index contributed by atoms with van der Waals surface area (Å²) in [5, 5.41) is 0.389. The Kier molecular flexibility index (Phi) is 11.4. The minimum atomic E-state index is 0.215. The number of primary amides is 1. The van der Waals surface area contributed by atoms with E-state index in [1.165, 1.54) is 0 Å². The Morgan fingerprint density at radius 1 is 1.11 bits per heavy atom. The van der Waals surface area contributed by atoms with Crippen LogP contribution >= 0.6 is 0 Å². The van der Waals surface area contributed by atoms with E-state index in [4.69, 9.17) is 4.79 Å². The number of nitrogens with two attached hydrogens (primary N) is 2. The third kappa shape index (κ3) is 20.8. The van der Waals surface area contributed by atoms with Crippen LogP contribution in [-0.4, -0.2) is 24.2 Å². The molecular weight excluding hydrogens is 126 g/mol. The van der Waals surface area contributed by atoms with Crippen molar-refractivity contribution in [3.8, 4) is 0 Å². The quantitative estimate of drug-likeness (QED) is 0.189. The zero-order valence-corrected chi connectivity index (χ0v) is 4.56. The summed E-state index contributed by atoms with van der Waals surface area (Å²) in [7, 11) is 0. The van der Waals surface area contributed by atoms with E-state index in [0.717, 1.165) is 0 Å². The third-order valence-corrected chi connectivity index (χ3v) is 0.243. The van der Waals surface area contributed by atoms with Gasteiger partial charge >= 0.3 is 0 Å². The second-order valence-electron chi connectivity index (χ2n) is 0.794. The first kappa shape index (κ1) is 10.5.